The van der Waals surface area contributed by atoms with Crippen molar-refractivity contribution in [3.05, 3.63) is 36.0 Å². The van der Waals surface area contributed by atoms with Crippen LogP contribution >= 0.6 is 0 Å². The summed E-state index contributed by atoms with van der Waals surface area (Å²) < 4.78 is 39.0. The van der Waals surface area contributed by atoms with Crippen molar-refractivity contribution in [3.63, 3.8) is 0 Å². The van der Waals surface area contributed by atoms with E-state index in [2.05, 4.69) is 15.1 Å². The maximum absolute atomic E-state index is 12.4. The van der Waals surface area contributed by atoms with Crippen LogP contribution in [0.25, 0.3) is 0 Å². The number of halogens is 3. The van der Waals surface area contributed by atoms with Crippen molar-refractivity contribution in [2.24, 2.45) is 0 Å². The fourth-order valence-corrected chi connectivity index (χ4v) is 2.01. The number of anilines is 1. The summed E-state index contributed by atoms with van der Waals surface area (Å²) in [5.74, 6) is 0.445. The summed E-state index contributed by atoms with van der Waals surface area (Å²) >= 11 is 0. The molecule has 5 nitrogen and oxygen atoms in total. The summed E-state index contributed by atoms with van der Waals surface area (Å²) in [6.07, 6.45) is -0.820. The molecule has 0 saturated heterocycles. The van der Waals surface area contributed by atoms with Crippen LogP contribution in [0.2, 0.25) is 0 Å². The second-order valence-corrected chi connectivity index (χ2v) is 4.22. The van der Waals surface area contributed by atoms with Gasteiger partial charge in [-0.2, -0.15) is 18.3 Å². The van der Waals surface area contributed by atoms with Crippen molar-refractivity contribution >= 4 is 5.82 Å². The van der Waals surface area contributed by atoms with Crippen molar-refractivity contribution < 1.29 is 13.2 Å². The highest BCUT2D eigenvalue weighted by atomic mass is 19.4. The van der Waals surface area contributed by atoms with E-state index in [-0.39, 0.29) is 0 Å². The molecule has 0 saturated carbocycles. The Morgan fingerprint density at radius 2 is 1.95 bits per heavy atom. The fraction of sp³-hybridized carbons (Fsp3) is 0.364. The molecule has 2 aromatic heterocycles. The normalized spacial score (nSPS) is 15.4. The highest BCUT2D eigenvalue weighted by Crippen LogP contribution is 2.27. The highest BCUT2D eigenvalue weighted by Gasteiger charge is 2.33. The van der Waals surface area contributed by atoms with E-state index in [0.29, 0.717) is 25.5 Å². The maximum Gasteiger partial charge on any atom is 0.434 e. The summed E-state index contributed by atoms with van der Waals surface area (Å²) in [5, 5.41) is 4.14. The Labute approximate surface area is 106 Å². The molecule has 0 amide bonds. The topological polar surface area (TPSA) is 46.8 Å². The highest BCUT2D eigenvalue weighted by molar-refractivity contribution is 5.37. The Hall–Kier alpha value is -2.12. The molecule has 3 rings (SSSR count). The number of hydrogen-bond acceptors (Lipinski definition) is 4. The van der Waals surface area contributed by atoms with Crippen LogP contribution in [0.1, 0.15) is 11.4 Å². The van der Waals surface area contributed by atoms with Gasteiger partial charge in [-0.3, -0.25) is 4.68 Å². The van der Waals surface area contributed by atoms with E-state index in [9.17, 15) is 13.2 Å². The average Bonchev–Trinajstić information content (AvgIpc) is 2.85. The molecule has 100 valence electrons. The molecule has 0 radical (unpaired) electrons. The number of nitrogens with zero attached hydrogens (tertiary/aromatic N) is 5. The first-order valence-electron chi connectivity index (χ1n) is 5.69. The molecule has 2 aromatic rings. The van der Waals surface area contributed by atoms with Gasteiger partial charge in [-0.1, -0.05) is 0 Å². The Balaban J connectivity index is 1.81. The van der Waals surface area contributed by atoms with E-state index >= 15 is 0 Å². The zero-order chi connectivity index (χ0) is 13.5. The lowest BCUT2D eigenvalue weighted by Gasteiger charge is -2.28. The Morgan fingerprint density at radius 1 is 1.11 bits per heavy atom. The second-order valence-electron chi connectivity index (χ2n) is 4.22. The molecule has 0 N–H and O–H groups in total. The van der Waals surface area contributed by atoms with Gasteiger partial charge >= 0.3 is 6.18 Å². The smallest absolute Gasteiger partial charge is 0.348 e. The van der Waals surface area contributed by atoms with Crippen LogP contribution in [0.3, 0.4) is 0 Å². The largest absolute Gasteiger partial charge is 0.434 e. The van der Waals surface area contributed by atoms with Crippen molar-refractivity contribution in [1.82, 2.24) is 19.7 Å². The van der Waals surface area contributed by atoms with Gasteiger partial charge in [0.05, 0.1) is 31.2 Å². The summed E-state index contributed by atoms with van der Waals surface area (Å²) in [5.41, 5.74) is 0.0336. The van der Waals surface area contributed by atoms with E-state index in [0.717, 1.165) is 18.1 Å². The van der Waals surface area contributed by atoms with Gasteiger partial charge < -0.3 is 4.90 Å². The summed E-state index contributed by atoms with van der Waals surface area (Å²) in [6, 6.07) is 1.88. The summed E-state index contributed by atoms with van der Waals surface area (Å²) in [4.78, 5) is 9.14. The number of fused-ring (bicyclic) bond motifs is 1. The minimum absolute atomic E-state index is 0.445. The van der Waals surface area contributed by atoms with Crippen molar-refractivity contribution in [2.45, 2.75) is 19.3 Å². The van der Waals surface area contributed by atoms with Gasteiger partial charge in [-0.15, -0.1) is 0 Å². The number of aromatic nitrogens is 4. The molecule has 19 heavy (non-hydrogen) atoms. The van der Waals surface area contributed by atoms with E-state index in [1.807, 2.05) is 15.6 Å². The monoisotopic (exact) mass is 269 g/mol. The maximum atomic E-state index is 12.4. The van der Waals surface area contributed by atoms with Gasteiger partial charge in [0, 0.05) is 12.7 Å². The van der Waals surface area contributed by atoms with Gasteiger partial charge in [-0.05, 0) is 6.07 Å². The molecule has 0 spiro atoms. The zero-order valence-corrected chi connectivity index (χ0v) is 9.80. The lowest BCUT2D eigenvalue weighted by Crippen LogP contribution is -2.34. The van der Waals surface area contributed by atoms with Crippen LogP contribution in [0.4, 0.5) is 19.0 Å². The third-order valence-electron chi connectivity index (χ3n) is 2.99. The predicted molar refractivity (Wildman–Crippen MR) is 60.3 cm³/mol. The lowest BCUT2D eigenvalue weighted by molar-refractivity contribution is -0.141. The standard InChI is InChI=1S/C11H10F3N5/c12-11(13,14)9-5-16-10(6-15-9)18-3-4-19-8(7-18)1-2-17-19/h1-2,5-6H,3-4,7H2. The minimum Gasteiger partial charge on any atom is -0.348 e. The van der Waals surface area contributed by atoms with Crippen LogP contribution in [0.15, 0.2) is 24.7 Å². The van der Waals surface area contributed by atoms with E-state index < -0.39 is 11.9 Å². The fourth-order valence-electron chi connectivity index (χ4n) is 2.01. The SMILES string of the molecule is FC(F)(F)c1cnc(N2CCn3nccc3C2)cn1. The van der Waals surface area contributed by atoms with E-state index in [1.54, 1.807) is 6.20 Å². The average molecular weight is 269 g/mol. The molecular formula is C11H10F3N5. The van der Waals surface area contributed by atoms with Crippen LogP contribution in [-0.2, 0) is 19.3 Å². The molecule has 1 aliphatic heterocycles. The van der Waals surface area contributed by atoms with Gasteiger partial charge in [0.25, 0.3) is 0 Å². The number of rotatable bonds is 1. The third kappa shape index (κ3) is 2.25. The van der Waals surface area contributed by atoms with Crippen molar-refractivity contribution in [3.8, 4) is 0 Å². The number of alkyl halides is 3. The molecule has 0 aliphatic carbocycles. The Kier molecular flexibility index (Phi) is 2.65. The molecular weight excluding hydrogens is 259 g/mol. The van der Waals surface area contributed by atoms with Crippen LogP contribution in [0.5, 0.6) is 0 Å². The summed E-state index contributed by atoms with van der Waals surface area (Å²) in [6.45, 7) is 1.90. The van der Waals surface area contributed by atoms with Crippen LogP contribution in [-0.4, -0.2) is 26.3 Å². The van der Waals surface area contributed by atoms with Gasteiger partial charge in [-0.25, -0.2) is 9.97 Å². The Morgan fingerprint density at radius 3 is 2.63 bits per heavy atom. The first kappa shape index (κ1) is 11.9. The predicted octanol–water partition coefficient (Wildman–Crippen LogP) is 1.71. The molecule has 3 heterocycles. The third-order valence-corrected chi connectivity index (χ3v) is 2.99. The first-order valence-corrected chi connectivity index (χ1v) is 5.69. The molecule has 0 fully saturated rings. The molecule has 8 heteroatoms. The van der Waals surface area contributed by atoms with E-state index in [4.69, 9.17) is 0 Å². The molecule has 0 bridgehead atoms. The second kappa shape index (κ2) is 4.22. The van der Waals surface area contributed by atoms with Gasteiger partial charge in [0.2, 0.25) is 0 Å². The zero-order valence-electron chi connectivity index (χ0n) is 9.80. The first-order chi connectivity index (χ1) is 9.04. The lowest BCUT2D eigenvalue weighted by atomic mass is 10.3. The van der Waals surface area contributed by atoms with E-state index in [1.165, 1.54) is 0 Å². The van der Waals surface area contributed by atoms with Crippen molar-refractivity contribution in [1.29, 1.82) is 0 Å². The van der Waals surface area contributed by atoms with Crippen LogP contribution in [0, 0.1) is 0 Å². The quantitative estimate of drug-likeness (QED) is 0.790. The molecule has 0 atom stereocenters. The number of hydrogen-bond donors (Lipinski definition) is 0. The summed E-state index contributed by atoms with van der Waals surface area (Å²) in [7, 11) is 0. The Bertz CT molecular complexity index is 575. The van der Waals surface area contributed by atoms with Gasteiger partial charge in [0.15, 0.2) is 5.69 Å². The molecule has 1 aliphatic rings. The molecule has 0 unspecified atom stereocenters. The molecule has 0 aromatic carbocycles. The van der Waals surface area contributed by atoms with Gasteiger partial charge in [0.1, 0.15) is 5.82 Å². The van der Waals surface area contributed by atoms with Crippen LogP contribution < -0.4 is 4.90 Å². The van der Waals surface area contributed by atoms with Crippen molar-refractivity contribution in [2.75, 3.05) is 11.4 Å². The minimum atomic E-state index is -4.45.